The van der Waals surface area contributed by atoms with Gasteiger partial charge in [-0.25, -0.2) is 0 Å². The van der Waals surface area contributed by atoms with Gasteiger partial charge in [0.1, 0.15) is 11.7 Å². The fraction of sp³-hybridized carbons (Fsp3) is 0.681. The van der Waals surface area contributed by atoms with Gasteiger partial charge in [-0.1, -0.05) is 171 Å². The van der Waals surface area contributed by atoms with Crippen molar-refractivity contribution in [1.29, 1.82) is 0 Å². The Morgan fingerprint density at radius 3 is 1.35 bits per heavy atom. The number of hydrogen-bond acceptors (Lipinski definition) is 11. The third kappa shape index (κ3) is 40.2. The molecule has 10 rings (SSSR count). The number of carbonyl (C=O) groups excluding carboxylic acids is 4. The van der Waals surface area contributed by atoms with Crippen LogP contribution in [0.5, 0.6) is 0 Å². The number of methoxy groups -OCH3 is 1. The standard InChI is InChI=1S/C15H19NO3.C14H21NO.C13H17NO.C8H16O.C7H12O.2C4H8O.CH4O.3CH4.Al.Li.4H/c1-19-15(18)13-9-5-6-10-16(14(13)17)11-12-7-3-2-4-8-12;16-12-14-8-4-5-9-15(11-14)10-13-6-2-1-3-7-13;15-13-9-5-2-6-10-14(13)11-12-7-3-1-4-8-12;9-7-8-5-3-1-2-4-6-8;8-7-5-3-1-2-4-6-7;2*1-2-4-5-3-1;1-2;;;;;;;;;/h2-4,7-8,13H,5-6,9-11H2,1H3;1-3,6-7,14,16H,4-5,8-12H2;1,3-4,7-8H,2,5-6,9-11H2;8-9H,1-7H2;1-6H2;2*1-4H2;2H,1H3;3*1H4;;;;;;/q;;;;;;;;;;;;+1;;;;-1. The number of hydrogen-bond donors (Lipinski definition) is 3. The molecule has 2 atom stereocenters. The van der Waals surface area contributed by atoms with Crippen LogP contribution in [0.4, 0.5) is 0 Å². The van der Waals surface area contributed by atoms with Gasteiger partial charge in [0.2, 0.25) is 11.8 Å². The molecule has 2 amide bonds. The van der Waals surface area contributed by atoms with E-state index in [0.717, 1.165) is 123 Å². The van der Waals surface area contributed by atoms with Crippen LogP contribution in [0.25, 0.3) is 0 Å². The van der Waals surface area contributed by atoms with E-state index in [1.807, 2.05) is 53.4 Å². The number of ketones is 1. The zero-order chi connectivity index (χ0) is 56.8. The average Bonchev–Trinajstić information content (AvgIpc) is 4.25. The summed E-state index contributed by atoms with van der Waals surface area (Å²) in [4.78, 5) is 52.7. The summed E-state index contributed by atoms with van der Waals surface area (Å²) >= 11 is 0. The van der Waals surface area contributed by atoms with Gasteiger partial charge < -0.3 is 40.8 Å². The number of aliphatic hydroxyl groups excluding tert-OH is 3. The molecule has 2 unspecified atom stereocenters. The van der Waals surface area contributed by atoms with Crippen LogP contribution >= 0.6 is 0 Å². The maximum Gasteiger partial charge on any atom is 1.00 e. The second kappa shape index (κ2) is 57.4. The van der Waals surface area contributed by atoms with Crippen molar-refractivity contribution in [3.05, 3.63) is 108 Å². The number of carbonyl (C=O) groups is 4. The van der Waals surface area contributed by atoms with E-state index in [4.69, 9.17) is 24.4 Å². The molecule has 5 heterocycles. The van der Waals surface area contributed by atoms with E-state index in [9.17, 15) is 24.3 Å². The fourth-order valence-corrected chi connectivity index (χ4v) is 10.6. The van der Waals surface area contributed by atoms with Gasteiger partial charge in [-0.15, -0.1) is 0 Å². The molecule has 15 heteroatoms. The van der Waals surface area contributed by atoms with Crippen LogP contribution in [0.3, 0.4) is 0 Å². The molecule has 5 saturated heterocycles. The minimum Gasteiger partial charge on any atom is -1.00 e. The van der Waals surface area contributed by atoms with Crippen molar-refractivity contribution in [3.8, 4) is 0 Å². The number of rotatable bonds is 9. The zero-order valence-electron chi connectivity index (χ0n) is 51.0. The Balaban J connectivity index is -0.000000461. The van der Waals surface area contributed by atoms with E-state index >= 15 is 0 Å². The number of aliphatic hydroxyl groups is 3. The van der Waals surface area contributed by atoms with E-state index in [2.05, 4.69) is 47.4 Å². The second-order valence-corrected chi connectivity index (χ2v) is 21.8. The Hall–Kier alpha value is -3.37. The maximum atomic E-state index is 12.4. The Morgan fingerprint density at radius 1 is 0.500 bits per heavy atom. The van der Waals surface area contributed by atoms with Gasteiger partial charge >= 0.3 is 24.8 Å². The summed E-state index contributed by atoms with van der Waals surface area (Å²) in [6.45, 7) is 11.0. The molecule has 2 saturated carbocycles. The quantitative estimate of drug-likeness (QED) is 0.0808. The van der Waals surface area contributed by atoms with Crippen LogP contribution < -0.4 is 18.9 Å². The van der Waals surface area contributed by atoms with Gasteiger partial charge in [0.05, 0.1) is 7.11 Å². The number of ether oxygens (including phenoxy) is 3. The monoisotopic (exact) mass is 1190 g/mol. The summed E-state index contributed by atoms with van der Waals surface area (Å²) in [7, 11) is 2.34. The Bertz CT molecular complexity index is 1930. The van der Waals surface area contributed by atoms with Crippen LogP contribution in [0, 0.1) is 17.8 Å². The molecule has 3 aromatic rings. The van der Waals surface area contributed by atoms with Crippen molar-refractivity contribution < 1.29 is 69.0 Å². The Morgan fingerprint density at radius 2 is 0.881 bits per heavy atom. The first-order valence-electron chi connectivity index (χ1n) is 30.6. The summed E-state index contributed by atoms with van der Waals surface area (Å²) in [5, 5.41) is 25.1. The predicted octanol–water partition coefficient (Wildman–Crippen LogP) is 9.76. The summed E-state index contributed by atoms with van der Waals surface area (Å²) in [5.74, 6) is 0.756. The minimum atomic E-state index is -0.629. The molecule has 13 nitrogen and oxygen atoms in total. The minimum absolute atomic E-state index is 0. The van der Waals surface area contributed by atoms with Crippen LogP contribution in [-0.2, 0) is 53.0 Å². The van der Waals surface area contributed by atoms with Crippen LogP contribution in [0.15, 0.2) is 91.0 Å². The summed E-state index contributed by atoms with van der Waals surface area (Å²) in [6.07, 6.45) is 29.8. The number of likely N-dealkylation sites (tertiary alicyclic amines) is 3. The largest absolute Gasteiger partial charge is 1.00 e. The molecule has 0 radical (unpaired) electrons. The normalized spacial score (nSPS) is 19.7. The third-order valence-corrected chi connectivity index (χ3v) is 15.3. The van der Waals surface area contributed by atoms with Crippen LogP contribution in [0.2, 0.25) is 0 Å². The van der Waals surface area contributed by atoms with E-state index < -0.39 is 11.9 Å². The molecule has 0 bridgehead atoms. The molecular weight excluding hydrogens is 1060 g/mol. The van der Waals surface area contributed by atoms with Crippen molar-refractivity contribution in [1.82, 2.24) is 14.7 Å². The van der Waals surface area contributed by atoms with Crippen molar-refractivity contribution in [2.24, 2.45) is 17.8 Å². The topological polar surface area (TPSA) is 166 Å². The maximum absolute atomic E-state index is 12.4. The molecule has 7 fully saturated rings. The molecule has 7 aliphatic rings. The second-order valence-electron chi connectivity index (χ2n) is 21.8. The molecule has 3 aromatic carbocycles. The van der Waals surface area contributed by atoms with Gasteiger partial charge in [0.25, 0.3) is 0 Å². The average molecular weight is 1190 g/mol. The van der Waals surface area contributed by atoms with E-state index in [0.29, 0.717) is 56.3 Å². The first-order chi connectivity index (χ1) is 38.8. The van der Waals surface area contributed by atoms with Crippen molar-refractivity contribution in [2.75, 3.05) is 80.0 Å². The van der Waals surface area contributed by atoms with E-state index in [1.165, 1.54) is 128 Å². The number of benzene rings is 3. The van der Waals surface area contributed by atoms with Crippen molar-refractivity contribution >= 4 is 40.9 Å². The molecule has 0 spiro atoms. The van der Waals surface area contributed by atoms with Crippen LogP contribution in [-0.4, -0.2) is 151 Å². The number of Topliss-reactive ketones (excluding diaryl/α,β-unsaturated/α-hetero) is 1. The van der Waals surface area contributed by atoms with Gasteiger partial charge in [-0.05, 0) is 125 Å². The number of nitrogens with zero attached hydrogens (tertiary/aromatic N) is 3. The molecular formula is C69H121AlLiN3O10. The molecule has 0 aromatic heterocycles. The smallest absolute Gasteiger partial charge is 1.00 e. The Labute approximate surface area is 535 Å². The van der Waals surface area contributed by atoms with Gasteiger partial charge in [0, 0.05) is 105 Å². The van der Waals surface area contributed by atoms with Crippen molar-refractivity contribution in [2.45, 2.75) is 209 Å². The predicted molar refractivity (Wildman–Crippen MR) is 348 cm³/mol. The third-order valence-electron chi connectivity index (χ3n) is 15.3. The molecule has 3 N–H and O–H groups in total. The van der Waals surface area contributed by atoms with Gasteiger partial charge in [-0.2, -0.15) is 0 Å². The van der Waals surface area contributed by atoms with E-state index in [-0.39, 0.29) is 65.8 Å². The summed E-state index contributed by atoms with van der Waals surface area (Å²) < 4.78 is 14.6. The first kappa shape index (κ1) is 84.8. The van der Waals surface area contributed by atoms with E-state index in [1.54, 1.807) is 4.90 Å². The zero-order valence-corrected chi connectivity index (χ0v) is 50.0. The molecule has 476 valence electrons. The van der Waals surface area contributed by atoms with Crippen molar-refractivity contribution in [3.63, 3.8) is 0 Å². The molecule has 5 aliphatic heterocycles. The number of esters is 1. The molecule has 84 heavy (non-hydrogen) atoms. The van der Waals surface area contributed by atoms with Gasteiger partial charge in [-0.3, -0.25) is 24.1 Å². The first-order valence-corrected chi connectivity index (χ1v) is 30.6. The summed E-state index contributed by atoms with van der Waals surface area (Å²) in [6, 6.07) is 30.7. The fourth-order valence-electron chi connectivity index (χ4n) is 10.6. The summed E-state index contributed by atoms with van der Waals surface area (Å²) in [5.41, 5.74) is 3.69. The SMILES string of the molecule is C.C.C.C1CCOC1.C1CCOC1.CO.COC(=O)C1CCCCN(Cc2ccccc2)C1=O.O=C1CCCCCC1.O=C1CCCCCN1Cc1ccccc1.OCC1CCCCCC1.OCC1CCCCN(Cc2ccccc2)C1.[AlH3].[H-].[Li+]. The van der Waals surface area contributed by atoms with Crippen LogP contribution in [0.1, 0.15) is 207 Å². The molecule has 2 aliphatic carbocycles. The Kier molecular flexibility index (Phi) is 58.0. The van der Waals surface area contributed by atoms with Gasteiger partial charge in [0.15, 0.2) is 17.4 Å². The number of amides is 2.